The summed E-state index contributed by atoms with van der Waals surface area (Å²) in [5.74, 6) is 0.664. The van der Waals surface area contributed by atoms with Gasteiger partial charge in [0.05, 0.1) is 22.4 Å². The standard InChI is InChI=1S/C47H29N5S/c1-3-9-30(10-4-1)31-15-17-34(18-16-31)43-37-13-7-8-14-39(37)51-47(52-43)36-19-20-38-40(29-36)50-44(33-11-5-2-6-12-33)42-41(32-21-25-48-26-22-32)45(53-46(38)42)35-23-27-49-28-24-35/h1-29H. The van der Waals surface area contributed by atoms with Crippen LogP contribution >= 0.6 is 11.3 Å². The minimum atomic E-state index is 0.664. The van der Waals surface area contributed by atoms with Crippen molar-refractivity contribution in [3.8, 4) is 66.6 Å². The van der Waals surface area contributed by atoms with E-state index in [1.54, 1.807) is 11.3 Å². The first-order valence-corrected chi connectivity index (χ1v) is 18.3. The van der Waals surface area contributed by atoms with Gasteiger partial charge in [-0.2, -0.15) is 0 Å². The van der Waals surface area contributed by atoms with Gasteiger partial charge < -0.3 is 0 Å². The number of thiophene rings is 1. The Morgan fingerprint density at radius 1 is 0.377 bits per heavy atom. The molecular formula is C47H29N5S. The topological polar surface area (TPSA) is 64.5 Å². The van der Waals surface area contributed by atoms with Gasteiger partial charge in [-0.3, -0.25) is 9.97 Å². The second-order valence-corrected chi connectivity index (χ2v) is 13.9. The maximum absolute atomic E-state index is 5.46. The molecule has 0 aliphatic heterocycles. The van der Waals surface area contributed by atoms with Crippen molar-refractivity contribution in [1.82, 2.24) is 24.9 Å². The SMILES string of the molecule is c1ccc(-c2ccc(-c3nc(-c4ccc5c(c4)nc(-c4ccccc4)c4c(-c6ccncc6)c(-c6ccncc6)sc45)nc4ccccc34)cc2)cc1. The molecule has 10 rings (SSSR count). The number of fused-ring (bicyclic) bond motifs is 4. The van der Waals surface area contributed by atoms with Gasteiger partial charge in [-0.25, -0.2) is 15.0 Å². The van der Waals surface area contributed by atoms with Gasteiger partial charge in [-0.15, -0.1) is 11.3 Å². The lowest BCUT2D eigenvalue weighted by Gasteiger charge is -2.12. The number of hydrogen-bond donors (Lipinski definition) is 0. The molecular weight excluding hydrogens is 667 g/mol. The van der Waals surface area contributed by atoms with Crippen molar-refractivity contribution in [2.45, 2.75) is 0 Å². The van der Waals surface area contributed by atoms with E-state index in [1.807, 2.05) is 49.1 Å². The van der Waals surface area contributed by atoms with E-state index in [9.17, 15) is 0 Å². The number of pyridine rings is 3. The predicted molar refractivity (Wildman–Crippen MR) is 218 cm³/mol. The van der Waals surface area contributed by atoms with Gasteiger partial charge in [-0.1, -0.05) is 115 Å². The molecule has 0 N–H and O–H groups in total. The van der Waals surface area contributed by atoms with Crippen LogP contribution in [-0.4, -0.2) is 24.9 Å². The zero-order valence-electron chi connectivity index (χ0n) is 28.4. The first-order chi connectivity index (χ1) is 26.3. The fraction of sp³-hybridized carbons (Fsp3) is 0. The van der Waals surface area contributed by atoms with E-state index >= 15 is 0 Å². The Hall–Kier alpha value is -6.89. The Bertz CT molecular complexity index is 2910. The van der Waals surface area contributed by atoms with Crippen molar-refractivity contribution in [3.63, 3.8) is 0 Å². The quantitative estimate of drug-likeness (QED) is 0.173. The first kappa shape index (κ1) is 30.9. The smallest absolute Gasteiger partial charge is 0.160 e. The van der Waals surface area contributed by atoms with Crippen molar-refractivity contribution in [3.05, 3.63) is 176 Å². The zero-order chi connectivity index (χ0) is 35.1. The van der Waals surface area contributed by atoms with Gasteiger partial charge in [0.1, 0.15) is 0 Å². The summed E-state index contributed by atoms with van der Waals surface area (Å²) >= 11 is 1.79. The summed E-state index contributed by atoms with van der Waals surface area (Å²) in [7, 11) is 0. The van der Waals surface area contributed by atoms with E-state index in [4.69, 9.17) is 15.0 Å². The molecule has 0 fully saturated rings. The van der Waals surface area contributed by atoms with Crippen LogP contribution < -0.4 is 0 Å². The first-order valence-electron chi connectivity index (χ1n) is 17.5. The van der Waals surface area contributed by atoms with Crippen LogP contribution in [0.25, 0.3) is 98.5 Å². The molecule has 0 spiro atoms. The second-order valence-electron chi connectivity index (χ2n) is 12.9. The van der Waals surface area contributed by atoms with E-state index in [0.717, 1.165) is 72.0 Å². The third-order valence-electron chi connectivity index (χ3n) is 9.71. The van der Waals surface area contributed by atoms with Crippen molar-refractivity contribution < 1.29 is 0 Å². The molecule has 5 nitrogen and oxygen atoms in total. The van der Waals surface area contributed by atoms with Crippen LogP contribution in [0.1, 0.15) is 0 Å². The highest BCUT2D eigenvalue weighted by molar-refractivity contribution is 7.24. The monoisotopic (exact) mass is 695 g/mol. The minimum Gasteiger partial charge on any atom is -0.265 e. The summed E-state index contributed by atoms with van der Waals surface area (Å²) in [6, 6.07) is 52.6. The van der Waals surface area contributed by atoms with Crippen LogP contribution in [0, 0.1) is 0 Å². The zero-order valence-corrected chi connectivity index (χ0v) is 29.2. The Labute approximate surface area is 310 Å². The molecule has 0 saturated heterocycles. The highest BCUT2D eigenvalue weighted by Crippen LogP contribution is 2.50. The summed E-state index contributed by atoms with van der Waals surface area (Å²) < 4.78 is 1.18. The molecule has 0 bridgehead atoms. The van der Waals surface area contributed by atoms with E-state index in [2.05, 4.69) is 137 Å². The lowest BCUT2D eigenvalue weighted by Crippen LogP contribution is -1.96. The predicted octanol–water partition coefficient (Wildman–Crippen LogP) is 12.2. The van der Waals surface area contributed by atoms with Gasteiger partial charge in [0.25, 0.3) is 0 Å². The van der Waals surface area contributed by atoms with Crippen LogP contribution in [0.5, 0.6) is 0 Å². The van der Waals surface area contributed by atoms with Gasteiger partial charge in [0.15, 0.2) is 5.82 Å². The molecule has 0 radical (unpaired) electrons. The molecule has 0 unspecified atom stereocenters. The molecule has 5 aromatic heterocycles. The lowest BCUT2D eigenvalue weighted by atomic mass is 9.95. The van der Waals surface area contributed by atoms with Gasteiger partial charge >= 0.3 is 0 Å². The van der Waals surface area contributed by atoms with E-state index < -0.39 is 0 Å². The van der Waals surface area contributed by atoms with Gasteiger partial charge in [-0.05, 0) is 58.7 Å². The Balaban J connectivity index is 1.19. The number of hydrogen-bond acceptors (Lipinski definition) is 6. The summed E-state index contributed by atoms with van der Waals surface area (Å²) in [5, 5.41) is 3.23. The van der Waals surface area contributed by atoms with Crippen LogP contribution in [-0.2, 0) is 0 Å². The van der Waals surface area contributed by atoms with Crippen LogP contribution in [0.15, 0.2) is 176 Å². The van der Waals surface area contributed by atoms with E-state index in [-0.39, 0.29) is 0 Å². The molecule has 53 heavy (non-hydrogen) atoms. The normalized spacial score (nSPS) is 11.4. The highest BCUT2D eigenvalue weighted by Gasteiger charge is 2.23. The molecule has 0 amide bonds. The molecule has 0 aliphatic rings. The van der Waals surface area contributed by atoms with Crippen molar-refractivity contribution in [2.24, 2.45) is 0 Å². The third kappa shape index (κ3) is 5.53. The fourth-order valence-electron chi connectivity index (χ4n) is 7.16. The Morgan fingerprint density at radius 2 is 0.962 bits per heavy atom. The molecule has 0 atom stereocenters. The second kappa shape index (κ2) is 13.0. The third-order valence-corrected chi connectivity index (χ3v) is 11.0. The average Bonchev–Trinajstić information content (AvgIpc) is 3.65. The molecule has 5 aromatic carbocycles. The minimum absolute atomic E-state index is 0.664. The molecule has 10 aromatic rings. The largest absolute Gasteiger partial charge is 0.265 e. The Morgan fingerprint density at radius 3 is 1.70 bits per heavy atom. The van der Waals surface area contributed by atoms with Crippen molar-refractivity contribution in [1.29, 1.82) is 0 Å². The molecule has 0 aliphatic carbocycles. The fourth-order valence-corrected chi connectivity index (χ4v) is 8.52. The number of nitrogens with zero attached hydrogens (tertiary/aromatic N) is 5. The van der Waals surface area contributed by atoms with Crippen LogP contribution in [0.4, 0.5) is 0 Å². The summed E-state index contributed by atoms with van der Waals surface area (Å²) in [6.45, 7) is 0. The molecule has 248 valence electrons. The summed E-state index contributed by atoms with van der Waals surface area (Å²) in [5.41, 5.74) is 12.4. The number of rotatable bonds is 6. The summed E-state index contributed by atoms with van der Waals surface area (Å²) in [4.78, 5) is 25.6. The van der Waals surface area contributed by atoms with Crippen LogP contribution in [0.2, 0.25) is 0 Å². The lowest BCUT2D eigenvalue weighted by molar-refractivity contribution is 1.23. The van der Waals surface area contributed by atoms with Crippen molar-refractivity contribution >= 4 is 43.2 Å². The highest BCUT2D eigenvalue weighted by atomic mass is 32.1. The molecule has 6 heteroatoms. The molecule has 0 saturated carbocycles. The number of para-hydroxylation sites is 1. The molecule has 5 heterocycles. The van der Waals surface area contributed by atoms with Gasteiger partial charge in [0, 0.05) is 72.8 Å². The van der Waals surface area contributed by atoms with Crippen LogP contribution in [0.3, 0.4) is 0 Å². The van der Waals surface area contributed by atoms with E-state index in [0.29, 0.717) is 5.82 Å². The number of aromatic nitrogens is 5. The summed E-state index contributed by atoms with van der Waals surface area (Å²) in [6.07, 6.45) is 7.42. The van der Waals surface area contributed by atoms with Crippen molar-refractivity contribution in [2.75, 3.05) is 0 Å². The van der Waals surface area contributed by atoms with Gasteiger partial charge in [0.2, 0.25) is 0 Å². The average molecular weight is 696 g/mol. The number of benzene rings is 5. The Kier molecular flexibility index (Phi) is 7.59. The maximum atomic E-state index is 5.46. The van der Waals surface area contributed by atoms with E-state index in [1.165, 1.54) is 20.7 Å². The maximum Gasteiger partial charge on any atom is 0.160 e.